The fourth-order valence-electron chi connectivity index (χ4n) is 1.91. The lowest BCUT2D eigenvalue weighted by Gasteiger charge is -2.24. The van der Waals surface area contributed by atoms with Gasteiger partial charge in [-0.1, -0.05) is 24.3 Å². The number of halogens is 1. The van der Waals surface area contributed by atoms with E-state index in [1.165, 1.54) is 23.9 Å². The normalized spacial score (nSPS) is 18.1. The van der Waals surface area contributed by atoms with Crippen molar-refractivity contribution in [3.05, 3.63) is 59.9 Å². The maximum absolute atomic E-state index is 12.9. The van der Waals surface area contributed by atoms with E-state index in [1.807, 2.05) is 24.3 Å². The molecule has 0 aromatic heterocycles. The molecule has 2 aromatic carbocycles. The van der Waals surface area contributed by atoms with Crippen LogP contribution in [0.3, 0.4) is 0 Å². The summed E-state index contributed by atoms with van der Waals surface area (Å²) in [6, 6.07) is 13.7. The van der Waals surface area contributed by atoms with Crippen molar-refractivity contribution in [2.45, 2.75) is 10.1 Å². The Kier molecular flexibility index (Phi) is 2.80. The smallest absolute Gasteiger partial charge is 0.242 e. The predicted molar refractivity (Wildman–Crippen MR) is 70.1 cm³/mol. The van der Waals surface area contributed by atoms with Crippen LogP contribution in [0.4, 0.5) is 10.1 Å². The summed E-state index contributed by atoms with van der Waals surface area (Å²) < 4.78 is 12.9. The van der Waals surface area contributed by atoms with Gasteiger partial charge in [-0.3, -0.25) is 4.79 Å². The third-order valence-electron chi connectivity index (χ3n) is 2.80. The molecule has 0 spiro atoms. The molecule has 2 aromatic rings. The zero-order valence-electron chi connectivity index (χ0n) is 9.39. The Morgan fingerprint density at radius 1 is 1.06 bits per heavy atom. The molecule has 1 heterocycles. The van der Waals surface area contributed by atoms with E-state index in [9.17, 15) is 9.18 Å². The molecule has 0 saturated heterocycles. The molecule has 0 bridgehead atoms. The second kappa shape index (κ2) is 4.46. The van der Waals surface area contributed by atoms with Crippen LogP contribution in [0.5, 0.6) is 0 Å². The summed E-state index contributed by atoms with van der Waals surface area (Å²) in [5, 5.41) is 2.55. The SMILES string of the molecule is O=C1Nc2ccccc2SC1c1ccc(F)cc1. The van der Waals surface area contributed by atoms with Crippen LogP contribution in [-0.4, -0.2) is 5.91 Å². The van der Waals surface area contributed by atoms with Gasteiger partial charge in [-0.25, -0.2) is 4.39 Å². The zero-order chi connectivity index (χ0) is 12.5. The van der Waals surface area contributed by atoms with E-state index in [1.54, 1.807) is 12.1 Å². The number of para-hydroxylation sites is 1. The van der Waals surface area contributed by atoms with Gasteiger partial charge >= 0.3 is 0 Å². The van der Waals surface area contributed by atoms with Crippen LogP contribution in [0.1, 0.15) is 10.8 Å². The Hall–Kier alpha value is -1.81. The van der Waals surface area contributed by atoms with E-state index in [2.05, 4.69) is 5.32 Å². The van der Waals surface area contributed by atoms with Crippen LogP contribution < -0.4 is 5.32 Å². The number of carbonyl (C=O) groups excluding carboxylic acids is 1. The van der Waals surface area contributed by atoms with Gasteiger partial charge in [-0.05, 0) is 29.8 Å². The van der Waals surface area contributed by atoms with Gasteiger partial charge in [0.1, 0.15) is 11.1 Å². The van der Waals surface area contributed by atoms with E-state index >= 15 is 0 Å². The largest absolute Gasteiger partial charge is 0.324 e. The van der Waals surface area contributed by atoms with Crippen LogP contribution in [0, 0.1) is 5.82 Å². The highest BCUT2D eigenvalue weighted by atomic mass is 32.2. The predicted octanol–water partition coefficient (Wildman–Crippen LogP) is 3.61. The van der Waals surface area contributed by atoms with Crippen LogP contribution in [-0.2, 0) is 4.79 Å². The van der Waals surface area contributed by atoms with Gasteiger partial charge < -0.3 is 5.32 Å². The van der Waals surface area contributed by atoms with Crippen LogP contribution in [0.15, 0.2) is 53.4 Å². The molecule has 1 aliphatic heterocycles. The molecule has 1 N–H and O–H groups in total. The Morgan fingerprint density at radius 2 is 1.78 bits per heavy atom. The highest BCUT2D eigenvalue weighted by molar-refractivity contribution is 8.00. The monoisotopic (exact) mass is 259 g/mol. The first-order chi connectivity index (χ1) is 8.74. The van der Waals surface area contributed by atoms with Gasteiger partial charge in [-0.2, -0.15) is 0 Å². The van der Waals surface area contributed by atoms with E-state index in [0.717, 1.165) is 16.1 Å². The summed E-state index contributed by atoms with van der Waals surface area (Å²) in [5.41, 5.74) is 1.65. The number of rotatable bonds is 1. The number of benzene rings is 2. The lowest BCUT2D eigenvalue weighted by atomic mass is 10.1. The molecule has 90 valence electrons. The molecule has 1 unspecified atom stereocenters. The Morgan fingerprint density at radius 3 is 2.56 bits per heavy atom. The van der Waals surface area contributed by atoms with Gasteiger partial charge in [0, 0.05) is 4.90 Å². The number of hydrogen-bond donors (Lipinski definition) is 1. The number of fused-ring (bicyclic) bond motifs is 1. The first-order valence-corrected chi connectivity index (χ1v) is 6.44. The molecular formula is C14H10FNOS. The Bertz CT molecular complexity index is 597. The van der Waals surface area contributed by atoms with Crippen molar-refractivity contribution >= 4 is 23.4 Å². The Balaban J connectivity index is 1.95. The number of nitrogens with one attached hydrogen (secondary N) is 1. The molecule has 0 radical (unpaired) electrons. The number of carbonyl (C=O) groups is 1. The van der Waals surface area contributed by atoms with E-state index in [0.29, 0.717) is 0 Å². The zero-order valence-corrected chi connectivity index (χ0v) is 10.2. The van der Waals surface area contributed by atoms with Crippen LogP contribution in [0.25, 0.3) is 0 Å². The van der Waals surface area contributed by atoms with Crippen molar-refractivity contribution < 1.29 is 9.18 Å². The summed E-state index contributed by atoms with van der Waals surface area (Å²) in [6.45, 7) is 0. The third kappa shape index (κ3) is 1.99. The maximum Gasteiger partial charge on any atom is 0.242 e. The van der Waals surface area contributed by atoms with Crippen LogP contribution >= 0.6 is 11.8 Å². The average Bonchev–Trinajstić information content (AvgIpc) is 2.39. The average molecular weight is 259 g/mol. The topological polar surface area (TPSA) is 29.1 Å². The molecule has 1 aliphatic rings. The maximum atomic E-state index is 12.9. The molecule has 3 rings (SSSR count). The second-order valence-electron chi connectivity index (χ2n) is 4.03. The van der Waals surface area contributed by atoms with E-state index < -0.39 is 0 Å². The summed E-state index contributed by atoms with van der Waals surface area (Å²) >= 11 is 1.49. The number of hydrogen-bond acceptors (Lipinski definition) is 2. The summed E-state index contributed by atoms with van der Waals surface area (Å²) in [6.07, 6.45) is 0. The first kappa shape index (κ1) is 11.3. The fraction of sp³-hybridized carbons (Fsp3) is 0.0714. The van der Waals surface area contributed by atoms with Crippen molar-refractivity contribution in [1.82, 2.24) is 0 Å². The van der Waals surface area contributed by atoms with Crippen molar-refractivity contribution in [1.29, 1.82) is 0 Å². The lowest BCUT2D eigenvalue weighted by Crippen LogP contribution is -2.22. The van der Waals surface area contributed by atoms with Crippen molar-refractivity contribution in [2.75, 3.05) is 5.32 Å². The number of anilines is 1. The highest BCUT2D eigenvalue weighted by Gasteiger charge is 2.27. The molecule has 0 aliphatic carbocycles. The molecule has 2 nitrogen and oxygen atoms in total. The lowest BCUT2D eigenvalue weighted by molar-refractivity contribution is -0.115. The van der Waals surface area contributed by atoms with Crippen molar-refractivity contribution in [3.63, 3.8) is 0 Å². The highest BCUT2D eigenvalue weighted by Crippen LogP contribution is 2.43. The molecule has 4 heteroatoms. The molecule has 1 atom stereocenters. The standard InChI is InChI=1S/C14H10FNOS/c15-10-7-5-9(6-8-10)13-14(17)16-11-3-1-2-4-12(11)18-13/h1-8,13H,(H,16,17). The number of thioether (sulfide) groups is 1. The molecule has 18 heavy (non-hydrogen) atoms. The minimum atomic E-state index is -0.319. The fourth-order valence-corrected chi connectivity index (χ4v) is 3.02. The van der Waals surface area contributed by atoms with Gasteiger partial charge in [0.2, 0.25) is 5.91 Å². The van der Waals surface area contributed by atoms with Gasteiger partial charge in [0.25, 0.3) is 0 Å². The van der Waals surface area contributed by atoms with Crippen molar-refractivity contribution in [3.8, 4) is 0 Å². The summed E-state index contributed by atoms with van der Waals surface area (Å²) in [5.74, 6) is -0.356. The molecule has 1 amide bonds. The summed E-state index contributed by atoms with van der Waals surface area (Å²) in [4.78, 5) is 13.1. The van der Waals surface area contributed by atoms with E-state index in [-0.39, 0.29) is 17.0 Å². The van der Waals surface area contributed by atoms with Gasteiger partial charge in [0.15, 0.2) is 0 Å². The Labute approximate surface area is 108 Å². The summed E-state index contributed by atoms with van der Waals surface area (Å²) in [7, 11) is 0. The first-order valence-electron chi connectivity index (χ1n) is 5.56. The van der Waals surface area contributed by atoms with Crippen molar-refractivity contribution in [2.24, 2.45) is 0 Å². The van der Waals surface area contributed by atoms with Gasteiger partial charge in [0.05, 0.1) is 5.69 Å². The van der Waals surface area contributed by atoms with Crippen LogP contribution in [0.2, 0.25) is 0 Å². The molecule has 0 fully saturated rings. The number of amides is 1. The molecule has 0 saturated carbocycles. The van der Waals surface area contributed by atoms with Gasteiger partial charge in [-0.15, -0.1) is 11.8 Å². The quantitative estimate of drug-likeness (QED) is 0.847. The van der Waals surface area contributed by atoms with E-state index in [4.69, 9.17) is 0 Å². The third-order valence-corrected chi connectivity index (χ3v) is 4.13. The second-order valence-corrected chi connectivity index (χ2v) is 5.18. The molecular weight excluding hydrogens is 249 g/mol. The minimum Gasteiger partial charge on any atom is -0.324 e. The minimum absolute atomic E-state index is 0.0645.